The van der Waals surface area contributed by atoms with Gasteiger partial charge in [-0.2, -0.15) is 0 Å². The highest BCUT2D eigenvalue weighted by atomic mass is 16.5. The Morgan fingerprint density at radius 1 is 1.53 bits per heavy atom. The molecule has 1 aliphatic rings. The average molecular weight is 215 g/mol. The topological polar surface area (TPSA) is 38.8 Å². The second-order valence-corrected chi connectivity index (χ2v) is 4.13. The summed E-state index contributed by atoms with van der Waals surface area (Å²) in [7, 11) is 3.17. The zero-order valence-electron chi connectivity index (χ0n) is 9.86. The molecule has 1 saturated heterocycles. The zero-order valence-corrected chi connectivity index (χ0v) is 9.86. The van der Waals surface area contributed by atoms with Crippen molar-refractivity contribution in [3.8, 4) is 0 Å². The summed E-state index contributed by atoms with van der Waals surface area (Å²) in [5, 5.41) is 0. The highest BCUT2D eigenvalue weighted by molar-refractivity contribution is 5.72. The number of nitrogens with zero attached hydrogens (tertiary/aromatic N) is 1. The van der Waals surface area contributed by atoms with E-state index in [1.54, 1.807) is 7.11 Å². The molecule has 0 spiro atoms. The molecule has 0 aliphatic carbocycles. The van der Waals surface area contributed by atoms with Crippen LogP contribution in [0.2, 0.25) is 0 Å². The molecule has 1 rings (SSSR count). The normalized spacial score (nSPS) is 24.1. The minimum atomic E-state index is -0.0727. The van der Waals surface area contributed by atoms with Gasteiger partial charge in [0.25, 0.3) is 0 Å². The number of esters is 1. The van der Waals surface area contributed by atoms with Gasteiger partial charge >= 0.3 is 5.97 Å². The first-order chi connectivity index (χ1) is 7.19. The lowest BCUT2D eigenvalue weighted by atomic mass is 10.1. The van der Waals surface area contributed by atoms with E-state index in [2.05, 4.69) is 11.8 Å². The third-order valence-corrected chi connectivity index (χ3v) is 3.12. The van der Waals surface area contributed by atoms with Crippen LogP contribution in [0.15, 0.2) is 0 Å². The van der Waals surface area contributed by atoms with E-state index in [0.29, 0.717) is 6.04 Å². The van der Waals surface area contributed by atoms with E-state index in [1.807, 2.05) is 0 Å². The molecule has 0 N–H and O–H groups in total. The Balaban J connectivity index is 2.32. The molecule has 0 saturated carbocycles. The van der Waals surface area contributed by atoms with Crippen LogP contribution < -0.4 is 0 Å². The number of hydrogen-bond donors (Lipinski definition) is 0. The molecule has 0 radical (unpaired) electrons. The molecule has 88 valence electrons. The van der Waals surface area contributed by atoms with Gasteiger partial charge in [-0.25, -0.2) is 0 Å². The molecule has 4 heteroatoms. The minimum Gasteiger partial charge on any atom is -0.469 e. The third kappa shape index (κ3) is 3.47. The molecule has 0 bridgehead atoms. The van der Waals surface area contributed by atoms with Crippen LogP contribution in [0, 0.1) is 5.92 Å². The molecule has 0 aromatic carbocycles. The maximum atomic E-state index is 11.3. The predicted octanol–water partition coefficient (Wildman–Crippen LogP) is 0.906. The lowest BCUT2D eigenvalue weighted by Crippen LogP contribution is -2.32. The summed E-state index contributed by atoms with van der Waals surface area (Å²) in [6.45, 7) is 4.78. The SMILES string of the molecule is COCCC(C)N1CCC(C(=O)OC)C1. The fourth-order valence-electron chi connectivity index (χ4n) is 2.02. The van der Waals surface area contributed by atoms with Gasteiger partial charge in [0, 0.05) is 26.3 Å². The molecule has 0 aromatic heterocycles. The molecule has 2 atom stereocenters. The Hall–Kier alpha value is -0.610. The fourth-order valence-corrected chi connectivity index (χ4v) is 2.02. The summed E-state index contributed by atoms with van der Waals surface area (Å²) in [6.07, 6.45) is 1.94. The van der Waals surface area contributed by atoms with E-state index in [4.69, 9.17) is 9.47 Å². The smallest absolute Gasteiger partial charge is 0.310 e. The summed E-state index contributed by atoms with van der Waals surface area (Å²) in [4.78, 5) is 13.7. The number of ether oxygens (including phenoxy) is 2. The van der Waals surface area contributed by atoms with Gasteiger partial charge in [0.2, 0.25) is 0 Å². The Bertz CT molecular complexity index is 208. The Morgan fingerprint density at radius 2 is 2.27 bits per heavy atom. The Kier molecular flexibility index (Phi) is 5.05. The van der Waals surface area contributed by atoms with Crippen molar-refractivity contribution in [3.63, 3.8) is 0 Å². The second kappa shape index (κ2) is 6.08. The van der Waals surface area contributed by atoms with Crippen molar-refractivity contribution < 1.29 is 14.3 Å². The van der Waals surface area contributed by atoms with Crippen LogP contribution in [0.5, 0.6) is 0 Å². The highest BCUT2D eigenvalue weighted by Gasteiger charge is 2.30. The lowest BCUT2D eigenvalue weighted by Gasteiger charge is -2.23. The molecule has 0 aromatic rings. The van der Waals surface area contributed by atoms with Crippen molar-refractivity contribution in [1.82, 2.24) is 4.90 Å². The Morgan fingerprint density at radius 3 is 2.87 bits per heavy atom. The van der Waals surface area contributed by atoms with Gasteiger partial charge in [-0.1, -0.05) is 0 Å². The van der Waals surface area contributed by atoms with Crippen molar-refractivity contribution in [2.24, 2.45) is 5.92 Å². The highest BCUT2D eigenvalue weighted by Crippen LogP contribution is 2.20. The van der Waals surface area contributed by atoms with E-state index >= 15 is 0 Å². The van der Waals surface area contributed by atoms with E-state index < -0.39 is 0 Å². The summed E-state index contributed by atoms with van der Waals surface area (Å²) in [5.74, 6) is -0.00330. The van der Waals surface area contributed by atoms with E-state index in [1.165, 1.54) is 7.11 Å². The maximum absolute atomic E-state index is 11.3. The molecule has 1 aliphatic heterocycles. The van der Waals surface area contributed by atoms with Crippen LogP contribution in [0.3, 0.4) is 0 Å². The number of rotatable bonds is 5. The molecule has 1 heterocycles. The van der Waals surface area contributed by atoms with Crippen LogP contribution >= 0.6 is 0 Å². The van der Waals surface area contributed by atoms with Crippen LogP contribution in [-0.4, -0.2) is 50.8 Å². The molecular formula is C11H21NO3. The predicted molar refractivity (Wildman–Crippen MR) is 57.7 cm³/mol. The number of carbonyl (C=O) groups is 1. The molecular weight excluding hydrogens is 194 g/mol. The first-order valence-corrected chi connectivity index (χ1v) is 5.49. The number of hydrogen-bond acceptors (Lipinski definition) is 4. The summed E-state index contributed by atoms with van der Waals surface area (Å²) in [5.41, 5.74) is 0. The van der Waals surface area contributed by atoms with E-state index in [9.17, 15) is 4.79 Å². The van der Waals surface area contributed by atoms with E-state index in [-0.39, 0.29) is 11.9 Å². The number of methoxy groups -OCH3 is 2. The van der Waals surface area contributed by atoms with Gasteiger partial charge < -0.3 is 9.47 Å². The minimum absolute atomic E-state index is 0.0694. The van der Waals surface area contributed by atoms with Crippen molar-refractivity contribution in [3.05, 3.63) is 0 Å². The monoisotopic (exact) mass is 215 g/mol. The van der Waals surface area contributed by atoms with Gasteiger partial charge in [-0.05, 0) is 26.3 Å². The second-order valence-electron chi connectivity index (χ2n) is 4.13. The van der Waals surface area contributed by atoms with Crippen LogP contribution in [-0.2, 0) is 14.3 Å². The maximum Gasteiger partial charge on any atom is 0.310 e. The van der Waals surface area contributed by atoms with Gasteiger partial charge in [-0.15, -0.1) is 0 Å². The van der Waals surface area contributed by atoms with Gasteiger partial charge in [0.1, 0.15) is 0 Å². The summed E-state index contributed by atoms with van der Waals surface area (Å²) in [6, 6.07) is 0.486. The Labute approximate surface area is 91.5 Å². The number of likely N-dealkylation sites (tertiary alicyclic amines) is 1. The van der Waals surface area contributed by atoms with E-state index in [0.717, 1.165) is 32.5 Å². The zero-order chi connectivity index (χ0) is 11.3. The quantitative estimate of drug-likeness (QED) is 0.639. The third-order valence-electron chi connectivity index (χ3n) is 3.12. The van der Waals surface area contributed by atoms with Gasteiger partial charge in [-0.3, -0.25) is 9.69 Å². The largest absolute Gasteiger partial charge is 0.469 e. The molecule has 0 amide bonds. The molecule has 15 heavy (non-hydrogen) atoms. The average Bonchev–Trinajstić information content (AvgIpc) is 2.74. The first kappa shape index (κ1) is 12.5. The molecule has 1 fully saturated rings. The van der Waals surface area contributed by atoms with Crippen LogP contribution in [0.4, 0.5) is 0 Å². The summed E-state index contributed by atoms with van der Waals surface area (Å²) >= 11 is 0. The molecule has 4 nitrogen and oxygen atoms in total. The van der Waals surface area contributed by atoms with Crippen molar-refractivity contribution in [2.45, 2.75) is 25.8 Å². The lowest BCUT2D eigenvalue weighted by molar-refractivity contribution is -0.145. The van der Waals surface area contributed by atoms with Crippen molar-refractivity contribution in [2.75, 3.05) is 33.9 Å². The van der Waals surface area contributed by atoms with Gasteiger partial charge in [0.15, 0.2) is 0 Å². The summed E-state index contributed by atoms with van der Waals surface area (Å²) < 4.78 is 9.80. The number of carbonyl (C=O) groups excluding carboxylic acids is 1. The standard InChI is InChI=1S/C11H21NO3/c1-9(5-7-14-2)12-6-4-10(8-12)11(13)15-3/h9-10H,4-8H2,1-3H3. The first-order valence-electron chi connectivity index (χ1n) is 5.49. The van der Waals surface area contributed by atoms with Crippen LogP contribution in [0.25, 0.3) is 0 Å². The van der Waals surface area contributed by atoms with Crippen molar-refractivity contribution in [1.29, 1.82) is 0 Å². The van der Waals surface area contributed by atoms with Crippen LogP contribution in [0.1, 0.15) is 19.8 Å². The van der Waals surface area contributed by atoms with Gasteiger partial charge in [0.05, 0.1) is 13.0 Å². The fraction of sp³-hybridized carbons (Fsp3) is 0.909. The van der Waals surface area contributed by atoms with Crippen molar-refractivity contribution >= 4 is 5.97 Å². The molecule has 2 unspecified atom stereocenters.